The zero-order valence-electron chi connectivity index (χ0n) is 13.5. The molecule has 0 saturated carbocycles. The van der Waals surface area contributed by atoms with Crippen molar-refractivity contribution in [2.45, 2.75) is 13.0 Å². The van der Waals surface area contributed by atoms with Crippen LogP contribution in [0.1, 0.15) is 6.92 Å². The van der Waals surface area contributed by atoms with Crippen molar-refractivity contribution in [3.8, 4) is 5.75 Å². The number of non-ortho nitro benzene ring substituents is 1. The van der Waals surface area contributed by atoms with E-state index in [9.17, 15) is 14.9 Å². The molecule has 1 atom stereocenters. The maximum Gasteiger partial charge on any atom is 0.277 e. The maximum absolute atomic E-state index is 12.3. The molecule has 25 heavy (non-hydrogen) atoms. The molecule has 126 valence electrons. The number of benzene rings is 3. The van der Waals surface area contributed by atoms with Crippen molar-refractivity contribution in [2.24, 2.45) is 0 Å². The highest BCUT2D eigenvalue weighted by atomic mass is 16.6. The first-order valence-corrected chi connectivity index (χ1v) is 7.75. The normalized spacial score (nSPS) is 11.7. The van der Waals surface area contributed by atoms with Crippen LogP contribution in [0.25, 0.3) is 10.8 Å². The maximum atomic E-state index is 12.3. The molecule has 6 nitrogen and oxygen atoms in total. The summed E-state index contributed by atoms with van der Waals surface area (Å²) < 4.78 is 5.76. The lowest BCUT2D eigenvalue weighted by Gasteiger charge is -2.16. The highest BCUT2D eigenvalue weighted by molar-refractivity contribution is 5.97. The summed E-state index contributed by atoms with van der Waals surface area (Å²) in [5, 5.41) is 15.0. The van der Waals surface area contributed by atoms with Crippen LogP contribution in [0.2, 0.25) is 0 Å². The summed E-state index contributed by atoms with van der Waals surface area (Å²) in [5.74, 6) is 0.130. The first-order chi connectivity index (χ1) is 12.1. The largest absolute Gasteiger partial charge is 0.480 e. The minimum Gasteiger partial charge on any atom is -0.480 e. The Labute approximate surface area is 144 Å². The van der Waals surface area contributed by atoms with Crippen LogP contribution in [-0.4, -0.2) is 16.9 Å². The van der Waals surface area contributed by atoms with Gasteiger partial charge in [0.1, 0.15) is 5.75 Å². The number of hydrogen-bond donors (Lipinski definition) is 1. The topological polar surface area (TPSA) is 81.5 Å². The zero-order valence-corrected chi connectivity index (χ0v) is 13.5. The summed E-state index contributed by atoms with van der Waals surface area (Å²) >= 11 is 0. The molecule has 3 rings (SSSR count). The van der Waals surface area contributed by atoms with Gasteiger partial charge >= 0.3 is 0 Å². The molecule has 0 aliphatic heterocycles. The number of hydrogen-bond acceptors (Lipinski definition) is 4. The average Bonchev–Trinajstić information content (AvgIpc) is 2.62. The number of para-hydroxylation sites is 1. The first-order valence-electron chi connectivity index (χ1n) is 7.75. The van der Waals surface area contributed by atoms with Crippen LogP contribution >= 0.6 is 0 Å². The number of amides is 1. The van der Waals surface area contributed by atoms with Gasteiger partial charge in [-0.2, -0.15) is 0 Å². The molecule has 0 aliphatic rings. The molecular formula is C19H16N2O4. The van der Waals surface area contributed by atoms with Gasteiger partial charge in [0.05, 0.1) is 10.3 Å². The third-order valence-electron chi connectivity index (χ3n) is 3.77. The van der Waals surface area contributed by atoms with Gasteiger partial charge in [-0.15, -0.1) is 0 Å². The van der Waals surface area contributed by atoms with Crippen molar-refractivity contribution in [3.05, 3.63) is 76.8 Å². The Hall–Kier alpha value is -3.41. The van der Waals surface area contributed by atoms with Crippen LogP contribution < -0.4 is 10.1 Å². The second-order valence-electron chi connectivity index (χ2n) is 5.50. The molecule has 0 radical (unpaired) electrons. The summed E-state index contributed by atoms with van der Waals surface area (Å²) in [5.41, 5.74) is 0.681. The fourth-order valence-electron chi connectivity index (χ4n) is 2.53. The number of nitrogens with one attached hydrogen (secondary N) is 1. The van der Waals surface area contributed by atoms with Crippen LogP contribution in [0.3, 0.4) is 0 Å². The molecule has 0 spiro atoms. The van der Waals surface area contributed by atoms with Crippen LogP contribution in [0, 0.1) is 10.1 Å². The first kappa shape index (κ1) is 16.4. The third kappa shape index (κ3) is 3.58. The highest BCUT2D eigenvalue weighted by Crippen LogP contribution is 2.33. The Bertz CT molecular complexity index is 925. The number of nitrogens with zero attached hydrogens (tertiary/aromatic N) is 1. The Morgan fingerprint density at radius 2 is 1.64 bits per heavy atom. The van der Waals surface area contributed by atoms with E-state index in [0.717, 1.165) is 0 Å². The average molecular weight is 336 g/mol. The number of nitro benzene ring substituents is 1. The van der Waals surface area contributed by atoms with Crippen molar-refractivity contribution in [2.75, 3.05) is 5.32 Å². The molecule has 0 bridgehead atoms. The quantitative estimate of drug-likeness (QED) is 0.560. The van der Waals surface area contributed by atoms with Gasteiger partial charge in [0, 0.05) is 17.1 Å². The van der Waals surface area contributed by atoms with E-state index in [1.807, 2.05) is 18.2 Å². The van der Waals surface area contributed by atoms with E-state index in [2.05, 4.69) is 5.32 Å². The van der Waals surface area contributed by atoms with Crippen LogP contribution in [0.15, 0.2) is 66.7 Å². The Balaban J connectivity index is 1.84. The molecule has 0 aliphatic carbocycles. The van der Waals surface area contributed by atoms with Crippen molar-refractivity contribution in [1.82, 2.24) is 0 Å². The standard InChI is InChI=1S/C19H16N2O4/c1-13(19(22)20-14-7-3-2-4-8-14)25-18-12-11-17(21(23)24)15-9-5-6-10-16(15)18/h2-13H,1H3,(H,20,22)/t13-/m0/s1. The molecule has 1 amide bonds. The summed E-state index contributed by atoms with van der Waals surface area (Å²) in [6.07, 6.45) is -0.759. The second-order valence-corrected chi connectivity index (χ2v) is 5.50. The van der Waals surface area contributed by atoms with Gasteiger partial charge in [0.15, 0.2) is 6.10 Å². The van der Waals surface area contributed by atoms with Crippen molar-refractivity contribution < 1.29 is 14.5 Å². The van der Waals surface area contributed by atoms with Crippen LogP contribution in [-0.2, 0) is 4.79 Å². The van der Waals surface area contributed by atoms with Crippen molar-refractivity contribution in [3.63, 3.8) is 0 Å². The lowest BCUT2D eigenvalue weighted by atomic mass is 10.1. The predicted molar refractivity (Wildman–Crippen MR) is 95.8 cm³/mol. The smallest absolute Gasteiger partial charge is 0.277 e. The molecule has 1 N–H and O–H groups in total. The predicted octanol–water partition coefficient (Wildman–Crippen LogP) is 4.15. The second kappa shape index (κ2) is 7.00. The summed E-state index contributed by atoms with van der Waals surface area (Å²) in [6, 6.07) is 18.9. The molecular weight excluding hydrogens is 320 g/mol. The number of rotatable bonds is 5. The molecule has 0 unspecified atom stereocenters. The summed E-state index contributed by atoms with van der Waals surface area (Å²) in [7, 11) is 0. The molecule has 0 heterocycles. The van der Waals surface area contributed by atoms with Gasteiger partial charge in [-0.25, -0.2) is 0 Å². The Morgan fingerprint density at radius 1 is 1.00 bits per heavy atom. The van der Waals surface area contributed by atoms with E-state index in [-0.39, 0.29) is 11.6 Å². The Morgan fingerprint density at radius 3 is 2.32 bits per heavy atom. The number of carbonyl (C=O) groups excluding carboxylic acids is 1. The van der Waals surface area contributed by atoms with Crippen LogP contribution in [0.4, 0.5) is 11.4 Å². The number of carbonyl (C=O) groups is 1. The minimum atomic E-state index is -0.759. The van der Waals surface area contributed by atoms with E-state index >= 15 is 0 Å². The van der Waals surface area contributed by atoms with Gasteiger partial charge in [-0.05, 0) is 31.2 Å². The Kier molecular flexibility index (Phi) is 4.61. The zero-order chi connectivity index (χ0) is 17.8. The van der Waals surface area contributed by atoms with E-state index in [1.54, 1.807) is 43.3 Å². The third-order valence-corrected chi connectivity index (χ3v) is 3.77. The van der Waals surface area contributed by atoms with Gasteiger partial charge in [-0.1, -0.05) is 36.4 Å². The lowest BCUT2D eigenvalue weighted by Crippen LogP contribution is -2.30. The van der Waals surface area contributed by atoms with E-state index in [0.29, 0.717) is 22.2 Å². The minimum absolute atomic E-state index is 0.00402. The fourth-order valence-corrected chi connectivity index (χ4v) is 2.53. The fraction of sp³-hybridized carbons (Fsp3) is 0.105. The number of anilines is 1. The molecule has 6 heteroatoms. The molecule has 0 aromatic heterocycles. The number of nitro groups is 1. The molecule has 0 fully saturated rings. The van der Waals surface area contributed by atoms with Gasteiger partial charge in [0.2, 0.25) is 0 Å². The number of fused-ring (bicyclic) bond motifs is 1. The van der Waals surface area contributed by atoms with Gasteiger partial charge in [-0.3, -0.25) is 14.9 Å². The molecule has 3 aromatic rings. The van der Waals surface area contributed by atoms with E-state index in [4.69, 9.17) is 4.74 Å². The van der Waals surface area contributed by atoms with E-state index < -0.39 is 11.0 Å². The monoisotopic (exact) mass is 336 g/mol. The van der Waals surface area contributed by atoms with E-state index in [1.165, 1.54) is 12.1 Å². The van der Waals surface area contributed by atoms with Gasteiger partial charge in [0.25, 0.3) is 11.6 Å². The number of ether oxygens (including phenoxy) is 1. The highest BCUT2D eigenvalue weighted by Gasteiger charge is 2.19. The molecule has 0 saturated heterocycles. The summed E-state index contributed by atoms with van der Waals surface area (Å²) in [6.45, 7) is 1.63. The molecule has 3 aromatic carbocycles. The van der Waals surface area contributed by atoms with Crippen molar-refractivity contribution in [1.29, 1.82) is 0 Å². The van der Waals surface area contributed by atoms with Crippen LogP contribution in [0.5, 0.6) is 5.75 Å². The van der Waals surface area contributed by atoms with Crippen molar-refractivity contribution >= 4 is 28.1 Å². The SMILES string of the molecule is C[C@H](Oc1ccc([N+](=O)[O-])c2ccccc12)C(=O)Nc1ccccc1. The van der Waals surface area contributed by atoms with Gasteiger partial charge < -0.3 is 10.1 Å². The summed E-state index contributed by atoms with van der Waals surface area (Å²) in [4.78, 5) is 23.0. The lowest BCUT2D eigenvalue weighted by molar-refractivity contribution is -0.383.